The Bertz CT molecular complexity index is 809. The van der Waals surface area contributed by atoms with Gasteiger partial charge >= 0.3 is 0 Å². The van der Waals surface area contributed by atoms with E-state index < -0.39 is 6.04 Å². The van der Waals surface area contributed by atoms with Crippen molar-refractivity contribution in [2.75, 3.05) is 5.32 Å². The second-order valence-corrected chi connectivity index (χ2v) is 7.20. The van der Waals surface area contributed by atoms with E-state index in [2.05, 4.69) is 40.5 Å². The van der Waals surface area contributed by atoms with E-state index in [9.17, 15) is 9.59 Å². The molecule has 0 aromatic heterocycles. The topological polar surface area (TPSA) is 82.3 Å². The number of hydrogen-bond donors (Lipinski definition) is 4. The van der Waals surface area contributed by atoms with Crippen molar-refractivity contribution in [2.24, 2.45) is 0 Å². The zero-order chi connectivity index (χ0) is 21.1. The molecule has 2 aromatic carbocycles. The molecule has 2 rings (SSSR count). The van der Waals surface area contributed by atoms with Gasteiger partial charge in [0.1, 0.15) is 0 Å². The number of hydrazine groups is 1. The molecule has 0 spiro atoms. The average molecular weight is 413 g/mol. The second kappa shape index (κ2) is 11.8. The Kier molecular flexibility index (Phi) is 9.11. The standard InChI is InChI=1S/C22H28N4O2S/c1-3-4-8-17-11-13-19(14-12-17)24-22(29)26-25-21(28)15-20(23-16(2)27)18-9-6-5-7-10-18/h5-7,9-14,20H,3-4,8,15H2,1-2H3,(H,23,27)(H,25,28)(H2,24,26,29)/t20-/m1/s1. The maximum Gasteiger partial charge on any atom is 0.240 e. The molecule has 1 atom stereocenters. The van der Waals surface area contributed by atoms with Gasteiger partial charge in [0.25, 0.3) is 0 Å². The van der Waals surface area contributed by atoms with Crippen molar-refractivity contribution in [2.45, 2.75) is 45.6 Å². The number of benzene rings is 2. The van der Waals surface area contributed by atoms with Crippen molar-refractivity contribution in [3.05, 3.63) is 65.7 Å². The van der Waals surface area contributed by atoms with E-state index in [-0.39, 0.29) is 23.3 Å². The minimum atomic E-state index is -0.410. The number of anilines is 1. The predicted octanol–water partition coefficient (Wildman–Crippen LogP) is 3.61. The molecule has 6 nitrogen and oxygen atoms in total. The summed E-state index contributed by atoms with van der Waals surface area (Å²) in [5.74, 6) is -0.481. The normalized spacial score (nSPS) is 11.2. The van der Waals surface area contributed by atoms with Crippen molar-refractivity contribution in [3.63, 3.8) is 0 Å². The predicted molar refractivity (Wildman–Crippen MR) is 120 cm³/mol. The quantitative estimate of drug-likeness (QED) is 0.393. The number of thiocarbonyl (C=S) groups is 1. The summed E-state index contributed by atoms with van der Waals surface area (Å²) in [6, 6.07) is 17.0. The van der Waals surface area contributed by atoms with E-state index in [0.29, 0.717) is 0 Å². The van der Waals surface area contributed by atoms with Gasteiger partial charge in [0.2, 0.25) is 11.8 Å². The number of rotatable bonds is 8. The minimum absolute atomic E-state index is 0.0886. The summed E-state index contributed by atoms with van der Waals surface area (Å²) >= 11 is 5.23. The molecule has 0 unspecified atom stereocenters. The molecule has 0 saturated heterocycles. The molecule has 29 heavy (non-hydrogen) atoms. The highest BCUT2D eigenvalue weighted by molar-refractivity contribution is 7.80. The summed E-state index contributed by atoms with van der Waals surface area (Å²) in [7, 11) is 0. The largest absolute Gasteiger partial charge is 0.349 e. The fourth-order valence-electron chi connectivity index (χ4n) is 2.84. The molecule has 4 N–H and O–H groups in total. The van der Waals surface area contributed by atoms with E-state index in [1.807, 2.05) is 42.5 Å². The minimum Gasteiger partial charge on any atom is -0.349 e. The Balaban J connectivity index is 1.82. The lowest BCUT2D eigenvalue weighted by Crippen LogP contribution is -2.45. The Morgan fingerprint density at radius 3 is 2.31 bits per heavy atom. The number of nitrogens with one attached hydrogen (secondary N) is 4. The van der Waals surface area contributed by atoms with Gasteiger partial charge in [-0.15, -0.1) is 0 Å². The Morgan fingerprint density at radius 2 is 1.69 bits per heavy atom. The molecule has 0 bridgehead atoms. The third-order valence-corrected chi connectivity index (χ3v) is 4.52. The molecular formula is C22H28N4O2S. The van der Waals surface area contributed by atoms with Gasteiger partial charge in [0.15, 0.2) is 5.11 Å². The first-order chi connectivity index (χ1) is 14.0. The number of carbonyl (C=O) groups excluding carboxylic acids is 2. The highest BCUT2D eigenvalue weighted by Crippen LogP contribution is 2.16. The monoisotopic (exact) mass is 412 g/mol. The average Bonchev–Trinajstić information content (AvgIpc) is 2.71. The smallest absolute Gasteiger partial charge is 0.240 e. The molecule has 2 amide bonds. The molecule has 0 heterocycles. The molecule has 0 radical (unpaired) electrons. The molecule has 154 valence electrons. The summed E-state index contributed by atoms with van der Waals surface area (Å²) in [5, 5.41) is 6.12. The first kappa shape index (κ1) is 22.4. The molecule has 0 aliphatic heterocycles. The summed E-state index contributed by atoms with van der Waals surface area (Å²) in [5.41, 5.74) is 8.26. The summed E-state index contributed by atoms with van der Waals surface area (Å²) in [6.07, 6.45) is 3.49. The van der Waals surface area contributed by atoms with Crippen LogP contribution in [0.4, 0.5) is 5.69 Å². The Hall–Kier alpha value is -2.93. The van der Waals surface area contributed by atoms with Crippen molar-refractivity contribution in [1.29, 1.82) is 0 Å². The summed E-state index contributed by atoms with van der Waals surface area (Å²) in [4.78, 5) is 23.8. The van der Waals surface area contributed by atoms with Crippen LogP contribution in [-0.4, -0.2) is 16.9 Å². The molecule has 0 aliphatic carbocycles. The Morgan fingerprint density at radius 1 is 1.00 bits per heavy atom. The van der Waals surface area contributed by atoms with Crippen molar-refractivity contribution in [3.8, 4) is 0 Å². The van der Waals surface area contributed by atoms with Crippen LogP contribution < -0.4 is 21.5 Å². The van der Waals surface area contributed by atoms with Gasteiger partial charge in [0.05, 0.1) is 12.5 Å². The van der Waals surface area contributed by atoms with Crippen LogP contribution in [0.25, 0.3) is 0 Å². The van der Waals surface area contributed by atoms with Crippen molar-refractivity contribution in [1.82, 2.24) is 16.2 Å². The molecule has 0 saturated carbocycles. The van der Waals surface area contributed by atoms with Crippen LogP contribution in [0, 0.1) is 0 Å². The van der Waals surface area contributed by atoms with Crippen LogP contribution in [0.1, 0.15) is 50.3 Å². The fourth-order valence-corrected chi connectivity index (χ4v) is 3.01. The van der Waals surface area contributed by atoms with Crippen LogP contribution in [-0.2, 0) is 16.0 Å². The van der Waals surface area contributed by atoms with Crippen LogP contribution in [0.15, 0.2) is 54.6 Å². The third-order valence-electron chi connectivity index (χ3n) is 4.32. The molecule has 7 heteroatoms. The van der Waals surface area contributed by atoms with E-state index >= 15 is 0 Å². The molecule has 0 fully saturated rings. The summed E-state index contributed by atoms with van der Waals surface area (Å²) in [6.45, 7) is 3.60. The van der Waals surface area contributed by atoms with Crippen molar-refractivity contribution < 1.29 is 9.59 Å². The van der Waals surface area contributed by atoms with Gasteiger partial charge in [-0.3, -0.25) is 20.4 Å². The van der Waals surface area contributed by atoms with Gasteiger partial charge in [-0.25, -0.2) is 0 Å². The SMILES string of the molecule is CCCCc1ccc(NC(=S)NNC(=O)C[C@@H](NC(C)=O)c2ccccc2)cc1. The highest BCUT2D eigenvalue weighted by atomic mass is 32.1. The first-order valence-electron chi connectivity index (χ1n) is 9.74. The number of hydrogen-bond acceptors (Lipinski definition) is 3. The number of unbranched alkanes of at least 4 members (excludes halogenated alkanes) is 1. The van der Waals surface area contributed by atoms with Crippen LogP contribution in [0.2, 0.25) is 0 Å². The lowest BCUT2D eigenvalue weighted by atomic mass is 10.0. The van der Waals surface area contributed by atoms with Crippen molar-refractivity contribution >= 4 is 34.8 Å². The van der Waals surface area contributed by atoms with E-state index in [1.54, 1.807) is 0 Å². The number of amides is 2. The number of carbonyl (C=O) groups is 2. The zero-order valence-corrected chi connectivity index (χ0v) is 17.6. The molecular weight excluding hydrogens is 384 g/mol. The number of aryl methyl sites for hydroxylation is 1. The fraction of sp³-hybridized carbons (Fsp3) is 0.318. The lowest BCUT2D eigenvalue weighted by molar-refractivity contribution is -0.123. The van der Waals surface area contributed by atoms with Gasteiger partial charge in [-0.2, -0.15) is 0 Å². The van der Waals surface area contributed by atoms with E-state index in [0.717, 1.165) is 17.7 Å². The second-order valence-electron chi connectivity index (χ2n) is 6.80. The highest BCUT2D eigenvalue weighted by Gasteiger charge is 2.17. The van der Waals surface area contributed by atoms with Gasteiger partial charge < -0.3 is 10.6 Å². The van der Waals surface area contributed by atoms with Gasteiger partial charge in [0, 0.05) is 12.6 Å². The maximum absolute atomic E-state index is 12.3. The summed E-state index contributed by atoms with van der Waals surface area (Å²) < 4.78 is 0. The van der Waals surface area contributed by atoms with E-state index in [1.165, 1.54) is 25.3 Å². The molecule has 2 aromatic rings. The van der Waals surface area contributed by atoms with E-state index in [4.69, 9.17) is 12.2 Å². The first-order valence-corrected chi connectivity index (χ1v) is 10.2. The Labute approximate surface area is 177 Å². The van der Waals surface area contributed by atoms with Gasteiger partial charge in [-0.1, -0.05) is 55.8 Å². The van der Waals surface area contributed by atoms with Crippen LogP contribution >= 0.6 is 12.2 Å². The maximum atomic E-state index is 12.3. The third kappa shape index (κ3) is 8.31. The zero-order valence-electron chi connectivity index (χ0n) is 16.8. The van der Waals surface area contributed by atoms with Crippen LogP contribution in [0.3, 0.4) is 0 Å². The van der Waals surface area contributed by atoms with Crippen LogP contribution in [0.5, 0.6) is 0 Å². The lowest BCUT2D eigenvalue weighted by Gasteiger charge is -2.18. The molecule has 0 aliphatic rings. The van der Waals surface area contributed by atoms with Gasteiger partial charge in [-0.05, 0) is 48.3 Å².